The molecular formula is C12H17FO4. The van der Waals surface area contributed by atoms with Crippen LogP contribution in [0.5, 0.6) is 0 Å². The van der Waals surface area contributed by atoms with Crippen molar-refractivity contribution in [3.8, 4) is 0 Å². The summed E-state index contributed by atoms with van der Waals surface area (Å²) in [5.41, 5.74) is -1.91. The van der Waals surface area contributed by atoms with E-state index in [9.17, 15) is 14.0 Å². The maximum atomic E-state index is 14.2. The third kappa shape index (κ3) is 1.81. The van der Waals surface area contributed by atoms with Gasteiger partial charge < -0.3 is 9.47 Å². The summed E-state index contributed by atoms with van der Waals surface area (Å²) in [7, 11) is 1.18. The van der Waals surface area contributed by atoms with Crippen LogP contribution in [0.3, 0.4) is 0 Å². The summed E-state index contributed by atoms with van der Waals surface area (Å²) < 4.78 is 23.9. The average molecular weight is 244 g/mol. The van der Waals surface area contributed by atoms with Gasteiger partial charge in [0, 0.05) is 18.3 Å². The fraction of sp³-hybridized carbons (Fsp3) is 0.833. The molecule has 0 amide bonds. The van der Waals surface area contributed by atoms with E-state index in [1.54, 1.807) is 0 Å². The molecule has 0 aromatic rings. The summed E-state index contributed by atoms with van der Waals surface area (Å²) >= 11 is 0. The molecule has 0 aliphatic heterocycles. The first-order valence-corrected chi connectivity index (χ1v) is 6.02. The zero-order valence-corrected chi connectivity index (χ0v) is 10.1. The second-order valence-corrected chi connectivity index (χ2v) is 4.75. The fourth-order valence-corrected chi connectivity index (χ4v) is 2.90. The Morgan fingerprint density at radius 3 is 2.71 bits per heavy atom. The zero-order valence-electron chi connectivity index (χ0n) is 10.1. The molecule has 2 saturated carbocycles. The van der Waals surface area contributed by atoms with Crippen molar-refractivity contribution in [2.24, 2.45) is 11.8 Å². The van der Waals surface area contributed by atoms with Crippen molar-refractivity contribution >= 4 is 11.9 Å². The number of fused-ring (bicyclic) bond motifs is 1. The van der Waals surface area contributed by atoms with Crippen molar-refractivity contribution in [2.45, 2.75) is 44.4 Å². The van der Waals surface area contributed by atoms with Crippen LogP contribution in [0.15, 0.2) is 0 Å². The smallest absolute Gasteiger partial charge is 0.344 e. The third-order valence-corrected chi connectivity index (χ3v) is 3.75. The van der Waals surface area contributed by atoms with Gasteiger partial charge in [-0.1, -0.05) is 6.92 Å². The molecule has 4 atom stereocenters. The SMILES string of the molecule is CCCC(=O)O[C@H]1CC[C@H]2[C@@H]1[C@]2(F)C(=O)OC. The normalized spacial score (nSPS) is 38.4. The highest BCUT2D eigenvalue weighted by Gasteiger charge is 2.77. The van der Waals surface area contributed by atoms with Gasteiger partial charge in [-0.15, -0.1) is 0 Å². The predicted octanol–water partition coefficient (Wildman–Crippen LogP) is 1.62. The van der Waals surface area contributed by atoms with Crippen LogP contribution >= 0.6 is 0 Å². The lowest BCUT2D eigenvalue weighted by atomic mass is 10.1. The molecule has 0 radical (unpaired) electrons. The Bertz CT molecular complexity index is 343. The second kappa shape index (κ2) is 4.27. The van der Waals surface area contributed by atoms with E-state index in [2.05, 4.69) is 4.74 Å². The van der Waals surface area contributed by atoms with Gasteiger partial charge in [-0.3, -0.25) is 4.79 Å². The molecule has 96 valence electrons. The molecule has 2 fully saturated rings. The highest BCUT2D eigenvalue weighted by atomic mass is 19.1. The predicted molar refractivity (Wildman–Crippen MR) is 56.9 cm³/mol. The molecule has 0 aromatic heterocycles. The van der Waals surface area contributed by atoms with Crippen molar-refractivity contribution < 1.29 is 23.5 Å². The van der Waals surface area contributed by atoms with Crippen LogP contribution in [0.4, 0.5) is 4.39 Å². The largest absolute Gasteiger partial charge is 0.467 e. The lowest BCUT2D eigenvalue weighted by molar-refractivity contribution is -0.156. The van der Waals surface area contributed by atoms with E-state index in [0.29, 0.717) is 25.7 Å². The molecular weight excluding hydrogens is 227 g/mol. The van der Waals surface area contributed by atoms with Crippen LogP contribution in [0.1, 0.15) is 32.6 Å². The Hall–Kier alpha value is -1.13. The minimum Gasteiger partial charge on any atom is -0.467 e. The van der Waals surface area contributed by atoms with Crippen LogP contribution in [-0.2, 0) is 19.1 Å². The molecule has 5 heteroatoms. The zero-order chi connectivity index (χ0) is 12.6. The van der Waals surface area contributed by atoms with Crippen LogP contribution in [0.2, 0.25) is 0 Å². The van der Waals surface area contributed by atoms with Crippen molar-refractivity contribution in [3.05, 3.63) is 0 Å². The molecule has 2 aliphatic carbocycles. The summed E-state index contributed by atoms with van der Waals surface area (Å²) in [6.45, 7) is 1.88. The maximum absolute atomic E-state index is 14.2. The molecule has 0 bridgehead atoms. The Morgan fingerprint density at radius 1 is 1.41 bits per heavy atom. The van der Waals surface area contributed by atoms with Crippen molar-refractivity contribution in [3.63, 3.8) is 0 Å². The Morgan fingerprint density at radius 2 is 2.12 bits per heavy atom. The van der Waals surface area contributed by atoms with Gasteiger partial charge in [-0.2, -0.15) is 0 Å². The molecule has 4 nitrogen and oxygen atoms in total. The number of esters is 2. The molecule has 0 unspecified atom stereocenters. The highest BCUT2D eigenvalue weighted by Crippen LogP contribution is 2.64. The Balaban J connectivity index is 1.96. The van der Waals surface area contributed by atoms with Gasteiger partial charge in [0.1, 0.15) is 6.10 Å². The molecule has 0 spiro atoms. The van der Waals surface area contributed by atoms with Crippen LogP contribution in [-0.4, -0.2) is 30.8 Å². The standard InChI is InChI=1S/C12H17FO4/c1-3-4-9(14)17-8-6-5-7-10(8)12(7,13)11(15)16-2/h7-8,10H,3-6H2,1-2H3/t7-,8-,10-,12-/m0/s1. The van der Waals surface area contributed by atoms with E-state index >= 15 is 0 Å². The van der Waals surface area contributed by atoms with Gasteiger partial charge in [0.25, 0.3) is 0 Å². The van der Waals surface area contributed by atoms with E-state index in [0.717, 1.165) is 0 Å². The maximum Gasteiger partial charge on any atom is 0.344 e. The number of halogens is 1. The quantitative estimate of drug-likeness (QED) is 0.705. The number of carbonyl (C=O) groups excluding carboxylic acids is 2. The van der Waals surface area contributed by atoms with E-state index < -0.39 is 23.7 Å². The summed E-state index contributed by atoms with van der Waals surface area (Å²) in [4.78, 5) is 22.7. The topological polar surface area (TPSA) is 52.6 Å². The minimum atomic E-state index is -1.91. The first-order valence-electron chi connectivity index (χ1n) is 6.02. The number of hydrogen-bond donors (Lipinski definition) is 0. The van der Waals surface area contributed by atoms with Crippen LogP contribution in [0.25, 0.3) is 0 Å². The Labute approximate surface area is 99.5 Å². The van der Waals surface area contributed by atoms with Crippen LogP contribution in [0, 0.1) is 11.8 Å². The lowest BCUT2D eigenvalue weighted by Gasteiger charge is -2.17. The molecule has 0 heterocycles. The number of methoxy groups -OCH3 is 1. The Kier molecular flexibility index (Phi) is 3.10. The fourth-order valence-electron chi connectivity index (χ4n) is 2.90. The molecule has 0 aromatic carbocycles. The molecule has 0 N–H and O–H groups in total. The average Bonchev–Trinajstić information content (AvgIpc) is 2.69. The van der Waals surface area contributed by atoms with Gasteiger partial charge >= 0.3 is 11.9 Å². The monoisotopic (exact) mass is 244 g/mol. The minimum absolute atomic E-state index is 0.308. The summed E-state index contributed by atoms with van der Waals surface area (Å²) in [6.07, 6.45) is 1.82. The molecule has 2 aliphatic rings. The number of ether oxygens (including phenoxy) is 2. The van der Waals surface area contributed by atoms with E-state index in [1.807, 2.05) is 6.92 Å². The second-order valence-electron chi connectivity index (χ2n) is 4.75. The van der Waals surface area contributed by atoms with Gasteiger partial charge in [-0.05, 0) is 19.3 Å². The number of alkyl halides is 1. The van der Waals surface area contributed by atoms with Gasteiger partial charge in [-0.25, -0.2) is 9.18 Å². The first-order chi connectivity index (χ1) is 8.05. The van der Waals surface area contributed by atoms with E-state index in [4.69, 9.17) is 4.74 Å². The van der Waals surface area contributed by atoms with E-state index in [-0.39, 0.29) is 11.9 Å². The number of hydrogen-bond acceptors (Lipinski definition) is 4. The van der Waals surface area contributed by atoms with Crippen molar-refractivity contribution in [1.29, 1.82) is 0 Å². The van der Waals surface area contributed by atoms with Gasteiger partial charge in [0.15, 0.2) is 0 Å². The van der Waals surface area contributed by atoms with Crippen molar-refractivity contribution in [1.82, 2.24) is 0 Å². The number of carbonyl (C=O) groups is 2. The van der Waals surface area contributed by atoms with E-state index in [1.165, 1.54) is 7.11 Å². The molecule has 0 saturated heterocycles. The molecule has 2 rings (SSSR count). The summed E-state index contributed by atoms with van der Waals surface area (Å²) in [5, 5.41) is 0. The summed E-state index contributed by atoms with van der Waals surface area (Å²) in [5.74, 6) is -1.95. The number of rotatable bonds is 4. The lowest BCUT2D eigenvalue weighted by Crippen LogP contribution is -2.30. The van der Waals surface area contributed by atoms with Crippen LogP contribution < -0.4 is 0 Å². The van der Waals surface area contributed by atoms with Gasteiger partial charge in [0.05, 0.1) is 7.11 Å². The first kappa shape index (κ1) is 12.3. The third-order valence-electron chi connectivity index (χ3n) is 3.75. The highest BCUT2D eigenvalue weighted by molar-refractivity contribution is 5.85. The van der Waals surface area contributed by atoms with Crippen molar-refractivity contribution in [2.75, 3.05) is 7.11 Å². The summed E-state index contributed by atoms with van der Waals surface area (Å²) in [6, 6.07) is 0. The van der Waals surface area contributed by atoms with Gasteiger partial charge in [0.2, 0.25) is 5.67 Å². The molecule has 17 heavy (non-hydrogen) atoms.